The van der Waals surface area contributed by atoms with Crippen LogP contribution >= 0.6 is 22.9 Å². The number of aromatic nitrogens is 1. The summed E-state index contributed by atoms with van der Waals surface area (Å²) in [5.74, 6) is 0.295. The van der Waals surface area contributed by atoms with Gasteiger partial charge in [-0.25, -0.2) is 4.98 Å². The predicted octanol–water partition coefficient (Wildman–Crippen LogP) is 4.94. The average Bonchev–Trinajstić information content (AvgIpc) is 3.06. The van der Waals surface area contributed by atoms with Crippen molar-refractivity contribution in [2.24, 2.45) is 5.10 Å². The molecule has 1 aromatic heterocycles. The van der Waals surface area contributed by atoms with E-state index in [9.17, 15) is 10.2 Å². The summed E-state index contributed by atoms with van der Waals surface area (Å²) in [5.41, 5.74) is 5.63. The molecule has 0 spiro atoms. The van der Waals surface area contributed by atoms with Crippen molar-refractivity contribution in [2.45, 2.75) is 13.8 Å². The number of hydrogen-bond acceptors (Lipinski definition) is 6. The highest BCUT2D eigenvalue weighted by Crippen LogP contribution is 2.41. The van der Waals surface area contributed by atoms with Gasteiger partial charge in [-0.1, -0.05) is 35.1 Å². The van der Waals surface area contributed by atoms with Gasteiger partial charge in [0.05, 0.1) is 11.1 Å². The van der Waals surface area contributed by atoms with Crippen molar-refractivity contribution < 1.29 is 10.2 Å². The van der Waals surface area contributed by atoms with Gasteiger partial charge in [-0.2, -0.15) is 5.10 Å². The zero-order chi connectivity index (χ0) is 18.0. The molecule has 0 aliphatic rings. The fourth-order valence-corrected chi connectivity index (χ4v) is 3.14. The number of nitrogens with one attached hydrogen (secondary N) is 1. The molecule has 0 aliphatic heterocycles. The molecule has 0 aliphatic carbocycles. The van der Waals surface area contributed by atoms with Crippen LogP contribution in [0.3, 0.4) is 0 Å². The highest BCUT2D eigenvalue weighted by molar-refractivity contribution is 7.18. The quantitative estimate of drug-likeness (QED) is 0.344. The number of aromatic hydroxyl groups is 2. The SMILES string of the molecule is Cc1c(O)cc(-c2cnc(N/N=C\c3ccc(Cl)cc3)s2)c(O)c1C. The van der Waals surface area contributed by atoms with Crippen LogP contribution in [0.1, 0.15) is 16.7 Å². The van der Waals surface area contributed by atoms with E-state index in [4.69, 9.17) is 11.6 Å². The highest BCUT2D eigenvalue weighted by atomic mass is 35.5. The van der Waals surface area contributed by atoms with Crippen molar-refractivity contribution >= 4 is 34.3 Å². The summed E-state index contributed by atoms with van der Waals surface area (Å²) in [4.78, 5) is 4.98. The van der Waals surface area contributed by atoms with E-state index in [1.807, 2.05) is 12.1 Å². The number of phenols is 2. The Kier molecular flexibility index (Phi) is 4.92. The second kappa shape index (κ2) is 7.13. The van der Waals surface area contributed by atoms with E-state index in [1.54, 1.807) is 44.5 Å². The summed E-state index contributed by atoms with van der Waals surface area (Å²) >= 11 is 7.17. The van der Waals surface area contributed by atoms with Gasteiger partial charge >= 0.3 is 0 Å². The Morgan fingerprint density at radius 2 is 1.88 bits per heavy atom. The lowest BCUT2D eigenvalue weighted by molar-refractivity contribution is 0.455. The van der Waals surface area contributed by atoms with E-state index < -0.39 is 0 Å². The Hall–Kier alpha value is -2.57. The number of hydrogen-bond donors (Lipinski definition) is 3. The van der Waals surface area contributed by atoms with Crippen molar-refractivity contribution in [3.63, 3.8) is 0 Å². The Morgan fingerprint density at radius 1 is 1.16 bits per heavy atom. The van der Waals surface area contributed by atoms with Gasteiger partial charge < -0.3 is 10.2 Å². The van der Waals surface area contributed by atoms with Crippen LogP contribution in [0.2, 0.25) is 5.02 Å². The molecule has 0 radical (unpaired) electrons. The summed E-state index contributed by atoms with van der Waals surface area (Å²) < 4.78 is 0. The largest absolute Gasteiger partial charge is 0.508 e. The molecule has 0 saturated carbocycles. The molecule has 0 fully saturated rings. The number of rotatable bonds is 4. The van der Waals surface area contributed by atoms with Crippen LogP contribution in [-0.4, -0.2) is 21.4 Å². The Bertz CT molecular complexity index is 936. The Labute approximate surface area is 154 Å². The van der Waals surface area contributed by atoms with Gasteiger partial charge in [-0.3, -0.25) is 5.43 Å². The molecular formula is C18H16ClN3O2S. The molecule has 128 valence electrons. The molecule has 0 saturated heterocycles. The number of anilines is 1. The zero-order valence-electron chi connectivity index (χ0n) is 13.6. The summed E-state index contributed by atoms with van der Waals surface area (Å²) in [6, 6.07) is 8.85. The first-order valence-corrected chi connectivity index (χ1v) is 8.68. The summed E-state index contributed by atoms with van der Waals surface area (Å²) in [6.45, 7) is 3.53. The first-order chi connectivity index (χ1) is 12.0. The van der Waals surface area contributed by atoms with Crippen molar-refractivity contribution in [1.82, 2.24) is 4.98 Å². The van der Waals surface area contributed by atoms with Crippen LogP contribution in [0.4, 0.5) is 5.13 Å². The topological polar surface area (TPSA) is 77.7 Å². The maximum Gasteiger partial charge on any atom is 0.203 e. The van der Waals surface area contributed by atoms with Crippen molar-refractivity contribution in [2.75, 3.05) is 5.43 Å². The lowest BCUT2D eigenvalue weighted by atomic mass is 10.0. The number of benzene rings is 2. The van der Waals surface area contributed by atoms with E-state index in [0.717, 1.165) is 10.4 Å². The molecule has 0 atom stereocenters. The van der Waals surface area contributed by atoms with Gasteiger partial charge in [0.25, 0.3) is 0 Å². The molecule has 3 N–H and O–H groups in total. The average molecular weight is 374 g/mol. The first-order valence-electron chi connectivity index (χ1n) is 7.48. The van der Waals surface area contributed by atoms with E-state index in [2.05, 4.69) is 15.5 Å². The molecule has 0 unspecified atom stereocenters. The van der Waals surface area contributed by atoms with Crippen LogP contribution in [0.25, 0.3) is 10.4 Å². The minimum Gasteiger partial charge on any atom is -0.508 e. The fraction of sp³-hybridized carbons (Fsp3) is 0.111. The van der Waals surface area contributed by atoms with Gasteiger partial charge in [-0.05, 0) is 48.7 Å². The van der Waals surface area contributed by atoms with Crippen LogP contribution in [0.15, 0.2) is 41.6 Å². The molecule has 0 bridgehead atoms. The predicted molar refractivity (Wildman–Crippen MR) is 103 cm³/mol. The van der Waals surface area contributed by atoms with Crippen LogP contribution in [0.5, 0.6) is 11.5 Å². The lowest BCUT2D eigenvalue weighted by Gasteiger charge is -2.10. The van der Waals surface area contributed by atoms with Gasteiger partial charge in [0, 0.05) is 16.8 Å². The molecule has 2 aromatic carbocycles. The standard InChI is InChI=1S/C18H16ClN3O2S/c1-10-11(2)17(24)14(7-15(10)23)16-9-20-18(25-16)22-21-8-12-3-5-13(19)6-4-12/h3-9,23-24H,1-2H3,(H,20,22)/b21-8-. The number of hydrazone groups is 1. The first kappa shape index (κ1) is 17.3. The van der Waals surface area contributed by atoms with Crippen LogP contribution < -0.4 is 5.43 Å². The van der Waals surface area contributed by atoms with Crippen LogP contribution in [0, 0.1) is 13.8 Å². The number of thiazole rings is 1. The second-order valence-corrected chi connectivity index (χ2v) is 6.96. The molecule has 0 amide bonds. The van der Waals surface area contributed by atoms with Gasteiger partial charge in [0.15, 0.2) is 0 Å². The Balaban J connectivity index is 1.78. The Morgan fingerprint density at radius 3 is 2.60 bits per heavy atom. The van der Waals surface area contributed by atoms with Crippen molar-refractivity contribution in [3.05, 3.63) is 58.2 Å². The van der Waals surface area contributed by atoms with Gasteiger partial charge in [0.1, 0.15) is 11.5 Å². The van der Waals surface area contributed by atoms with Crippen LogP contribution in [-0.2, 0) is 0 Å². The van der Waals surface area contributed by atoms with E-state index >= 15 is 0 Å². The van der Waals surface area contributed by atoms with Gasteiger partial charge in [0.2, 0.25) is 5.13 Å². The fourth-order valence-electron chi connectivity index (χ4n) is 2.23. The maximum absolute atomic E-state index is 10.3. The molecule has 7 heteroatoms. The summed E-state index contributed by atoms with van der Waals surface area (Å²) in [7, 11) is 0. The van der Waals surface area contributed by atoms with E-state index in [1.165, 1.54) is 11.3 Å². The lowest BCUT2D eigenvalue weighted by Crippen LogP contribution is -1.89. The van der Waals surface area contributed by atoms with E-state index in [-0.39, 0.29) is 11.5 Å². The van der Waals surface area contributed by atoms with E-state index in [0.29, 0.717) is 26.8 Å². The van der Waals surface area contributed by atoms with Gasteiger partial charge in [-0.15, -0.1) is 0 Å². The number of phenolic OH excluding ortho intramolecular Hbond substituents is 2. The molecule has 1 heterocycles. The minimum atomic E-state index is 0.147. The highest BCUT2D eigenvalue weighted by Gasteiger charge is 2.15. The smallest absolute Gasteiger partial charge is 0.203 e. The maximum atomic E-state index is 10.3. The van der Waals surface area contributed by atoms with Crippen molar-refractivity contribution in [3.8, 4) is 21.9 Å². The molecule has 3 aromatic rings. The van der Waals surface area contributed by atoms with Crippen molar-refractivity contribution in [1.29, 1.82) is 0 Å². The third kappa shape index (κ3) is 3.75. The zero-order valence-corrected chi connectivity index (χ0v) is 15.2. The third-order valence-electron chi connectivity index (χ3n) is 3.85. The third-order valence-corrected chi connectivity index (χ3v) is 5.04. The second-order valence-electron chi connectivity index (χ2n) is 5.49. The summed E-state index contributed by atoms with van der Waals surface area (Å²) in [6.07, 6.45) is 3.30. The molecular weight excluding hydrogens is 358 g/mol. The molecule has 25 heavy (non-hydrogen) atoms. The molecule has 3 rings (SSSR count). The summed E-state index contributed by atoms with van der Waals surface area (Å²) in [5, 5.41) is 25.7. The number of halogens is 1. The molecule has 5 nitrogen and oxygen atoms in total. The number of nitrogens with zero attached hydrogens (tertiary/aromatic N) is 2. The minimum absolute atomic E-state index is 0.147. The monoisotopic (exact) mass is 373 g/mol. The normalized spacial score (nSPS) is 11.2.